The second kappa shape index (κ2) is 7.32. The van der Waals surface area contributed by atoms with E-state index >= 15 is 0 Å². The summed E-state index contributed by atoms with van der Waals surface area (Å²) in [5.41, 5.74) is 10.2. The number of amides is 2. The molecule has 2 unspecified atom stereocenters. The second-order valence-electron chi connectivity index (χ2n) is 7.37. The Labute approximate surface area is 153 Å². The molecular formula is C18H26ClN3O3. The summed E-state index contributed by atoms with van der Waals surface area (Å²) in [6.07, 6.45) is 0.710. The van der Waals surface area contributed by atoms with E-state index in [9.17, 15) is 14.7 Å². The van der Waals surface area contributed by atoms with Gasteiger partial charge in [0, 0.05) is 29.9 Å². The van der Waals surface area contributed by atoms with E-state index in [0.717, 1.165) is 5.56 Å². The van der Waals surface area contributed by atoms with Gasteiger partial charge in [0.05, 0.1) is 11.6 Å². The average Bonchev–Trinajstić information content (AvgIpc) is 2.55. The van der Waals surface area contributed by atoms with Gasteiger partial charge in [-0.3, -0.25) is 9.59 Å². The van der Waals surface area contributed by atoms with Gasteiger partial charge in [-0.1, -0.05) is 37.6 Å². The first kappa shape index (κ1) is 19.7. The molecule has 1 aliphatic rings. The number of benzene rings is 1. The van der Waals surface area contributed by atoms with Crippen molar-refractivity contribution in [3.63, 3.8) is 0 Å². The molecule has 5 N–H and O–H groups in total. The van der Waals surface area contributed by atoms with Gasteiger partial charge < -0.3 is 21.5 Å². The standard InChI is InChI=1S/C18H26ClN3O3/c1-17(2)11-22(16(24)14(20)7-8-15(21)23)10-9-18(17,25)12-3-5-13(19)6-4-12/h3-6,14,25H,7-11,20H2,1-2H3,(H2,21,23). The highest BCUT2D eigenvalue weighted by molar-refractivity contribution is 6.30. The zero-order chi connectivity index (χ0) is 18.8. The molecule has 25 heavy (non-hydrogen) atoms. The van der Waals surface area contributed by atoms with Crippen molar-refractivity contribution in [2.75, 3.05) is 13.1 Å². The minimum absolute atomic E-state index is 0.0822. The van der Waals surface area contributed by atoms with Crippen LogP contribution < -0.4 is 11.5 Å². The van der Waals surface area contributed by atoms with E-state index in [-0.39, 0.29) is 18.7 Å². The van der Waals surface area contributed by atoms with Crippen molar-refractivity contribution in [3.8, 4) is 0 Å². The number of nitrogens with zero attached hydrogens (tertiary/aromatic N) is 1. The van der Waals surface area contributed by atoms with Crippen LogP contribution in [-0.2, 0) is 15.2 Å². The topological polar surface area (TPSA) is 110 Å². The Morgan fingerprint density at radius 3 is 2.44 bits per heavy atom. The summed E-state index contributed by atoms with van der Waals surface area (Å²) < 4.78 is 0. The van der Waals surface area contributed by atoms with Crippen molar-refractivity contribution < 1.29 is 14.7 Å². The maximum Gasteiger partial charge on any atom is 0.239 e. The van der Waals surface area contributed by atoms with Crippen LogP contribution in [-0.4, -0.2) is 41.0 Å². The van der Waals surface area contributed by atoms with Gasteiger partial charge in [0.2, 0.25) is 11.8 Å². The van der Waals surface area contributed by atoms with Crippen molar-refractivity contribution in [3.05, 3.63) is 34.9 Å². The van der Waals surface area contributed by atoms with E-state index in [1.165, 1.54) is 0 Å². The molecule has 0 spiro atoms. The summed E-state index contributed by atoms with van der Waals surface area (Å²) in [7, 11) is 0. The number of piperidine rings is 1. The highest BCUT2D eigenvalue weighted by Crippen LogP contribution is 2.46. The van der Waals surface area contributed by atoms with Crippen LogP contribution in [0.4, 0.5) is 0 Å². The molecule has 0 aliphatic carbocycles. The van der Waals surface area contributed by atoms with Crippen LogP contribution >= 0.6 is 11.6 Å². The molecule has 1 heterocycles. The lowest BCUT2D eigenvalue weighted by Gasteiger charge is -2.51. The number of hydrogen-bond donors (Lipinski definition) is 3. The lowest BCUT2D eigenvalue weighted by atomic mass is 9.66. The third-order valence-electron chi connectivity index (χ3n) is 5.10. The van der Waals surface area contributed by atoms with Crippen molar-refractivity contribution in [1.29, 1.82) is 0 Å². The molecular weight excluding hydrogens is 342 g/mol. The number of aliphatic hydroxyl groups is 1. The third-order valence-corrected chi connectivity index (χ3v) is 5.35. The number of carbonyl (C=O) groups excluding carboxylic acids is 2. The first-order valence-electron chi connectivity index (χ1n) is 8.38. The molecule has 1 aromatic rings. The fraction of sp³-hybridized carbons (Fsp3) is 0.556. The molecule has 0 aromatic heterocycles. The van der Waals surface area contributed by atoms with E-state index in [1.807, 2.05) is 26.0 Å². The second-order valence-corrected chi connectivity index (χ2v) is 7.81. The quantitative estimate of drug-likeness (QED) is 0.730. The smallest absolute Gasteiger partial charge is 0.239 e. The Morgan fingerprint density at radius 1 is 1.32 bits per heavy atom. The summed E-state index contributed by atoms with van der Waals surface area (Å²) in [5.74, 6) is -0.688. The molecule has 7 heteroatoms. The lowest BCUT2D eigenvalue weighted by molar-refractivity contribution is -0.154. The molecule has 0 bridgehead atoms. The van der Waals surface area contributed by atoms with Crippen LogP contribution in [0.3, 0.4) is 0 Å². The molecule has 1 fully saturated rings. The van der Waals surface area contributed by atoms with Gasteiger partial charge in [-0.15, -0.1) is 0 Å². The largest absolute Gasteiger partial charge is 0.384 e. The molecule has 2 rings (SSSR count). The number of carbonyl (C=O) groups is 2. The Balaban J connectivity index is 2.12. The normalized spacial score (nSPS) is 24.0. The van der Waals surface area contributed by atoms with Crippen molar-refractivity contribution >= 4 is 23.4 Å². The minimum Gasteiger partial charge on any atom is -0.384 e. The van der Waals surface area contributed by atoms with Crippen molar-refractivity contribution in [1.82, 2.24) is 4.90 Å². The third kappa shape index (κ3) is 4.14. The molecule has 1 aliphatic heterocycles. The monoisotopic (exact) mass is 367 g/mol. The molecule has 1 aromatic carbocycles. The van der Waals surface area contributed by atoms with Gasteiger partial charge in [-0.25, -0.2) is 0 Å². The number of likely N-dealkylation sites (tertiary alicyclic amines) is 1. The number of nitrogens with two attached hydrogens (primary N) is 2. The summed E-state index contributed by atoms with van der Waals surface area (Å²) in [6.45, 7) is 4.62. The predicted octanol–water partition coefficient (Wildman–Crippen LogP) is 1.38. The molecule has 6 nitrogen and oxygen atoms in total. The Morgan fingerprint density at radius 2 is 1.92 bits per heavy atom. The fourth-order valence-electron chi connectivity index (χ4n) is 3.43. The summed E-state index contributed by atoms with van der Waals surface area (Å²) >= 11 is 5.94. The van der Waals surface area contributed by atoms with Crippen LogP contribution in [0.2, 0.25) is 5.02 Å². The summed E-state index contributed by atoms with van der Waals surface area (Å²) in [5, 5.41) is 11.9. The lowest BCUT2D eigenvalue weighted by Crippen LogP contribution is -2.59. The molecule has 2 atom stereocenters. The van der Waals surface area contributed by atoms with Gasteiger partial charge in [0.25, 0.3) is 0 Å². The Hall–Kier alpha value is -1.63. The number of hydrogen-bond acceptors (Lipinski definition) is 4. The van der Waals surface area contributed by atoms with E-state index in [2.05, 4.69) is 0 Å². The average molecular weight is 368 g/mol. The van der Waals surface area contributed by atoms with Gasteiger partial charge in [0.1, 0.15) is 0 Å². The van der Waals surface area contributed by atoms with Crippen LogP contribution in [0.15, 0.2) is 24.3 Å². The van der Waals surface area contributed by atoms with Crippen LogP contribution in [0, 0.1) is 5.41 Å². The van der Waals surface area contributed by atoms with E-state index in [4.69, 9.17) is 23.1 Å². The minimum atomic E-state index is -1.06. The zero-order valence-electron chi connectivity index (χ0n) is 14.7. The maximum atomic E-state index is 12.5. The first-order valence-corrected chi connectivity index (χ1v) is 8.76. The Kier molecular flexibility index (Phi) is 5.76. The van der Waals surface area contributed by atoms with Gasteiger partial charge in [-0.05, 0) is 30.5 Å². The Bertz CT molecular complexity index is 647. The van der Waals surface area contributed by atoms with Crippen LogP contribution in [0.1, 0.15) is 38.7 Å². The van der Waals surface area contributed by atoms with Gasteiger partial charge in [-0.2, -0.15) is 0 Å². The van der Waals surface area contributed by atoms with Gasteiger partial charge >= 0.3 is 0 Å². The first-order chi connectivity index (χ1) is 11.6. The predicted molar refractivity (Wildman–Crippen MR) is 96.7 cm³/mol. The molecule has 2 amide bonds. The van der Waals surface area contributed by atoms with Crippen LogP contribution in [0.5, 0.6) is 0 Å². The van der Waals surface area contributed by atoms with Gasteiger partial charge in [0.15, 0.2) is 0 Å². The van der Waals surface area contributed by atoms with E-state index in [1.54, 1.807) is 17.0 Å². The maximum absolute atomic E-state index is 12.5. The number of primary amides is 1. The zero-order valence-corrected chi connectivity index (χ0v) is 15.4. The fourth-order valence-corrected chi connectivity index (χ4v) is 3.55. The summed E-state index contributed by atoms with van der Waals surface area (Å²) in [4.78, 5) is 25.1. The molecule has 0 radical (unpaired) electrons. The number of halogens is 1. The molecule has 0 saturated carbocycles. The highest BCUT2D eigenvalue weighted by Gasteiger charge is 2.49. The number of rotatable bonds is 5. The SMILES string of the molecule is CC1(C)CN(C(=O)C(N)CCC(N)=O)CCC1(O)c1ccc(Cl)cc1. The van der Waals surface area contributed by atoms with E-state index in [0.29, 0.717) is 24.5 Å². The van der Waals surface area contributed by atoms with Crippen molar-refractivity contribution in [2.24, 2.45) is 16.9 Å². The van der Waals surface area contributed by atoms with E-state index < -0.39 is 23.0 Å². The summed E-state index contributed by atoms with van der Waals surface area (Å²) in [6, 6.07) is 6.38. The van der Waals surface area contributed by atoms with Crippen molar-refractivity contribution in [2.45, 2.75) is 44.8 Å². The molecule has 1 saturated heterocycles. The highest BCUT2D eigenvalue weighted by atomic mass is 35.5. The molecule has 138 valence electrons. The van der Waals surface area contributed by atoms with Crippen LogP contribution in [0.25, 0.3) is 0 Å².